The second-order valence-electron chi connectivity index (χ2n) is 8.89. The quantitative estimate of drug-likeness (QED) is 0.402. The first-order valence-electron chi connectivity index (χ1n) is 10.6. The normalized spacial score (nSPS) is 12.1. The van der Waals surface area contributed by atoms with Crippen molar-refractivity contribution >= 4 is 42.6 Å². The summed E-state index contributed by atoms with van der Waals surface area (Å²) in [5.41, 5.74) is 2.20. The molecular weight excluding hydrogens is 474 g/mol. The van der Waals surface area contributed by atoms with Gasteiger partial charge in [-0.25, -0.2) is 18.2 Å². The molecule has 2 heterocycles. The van der Waals surface area contributed by atoms with Crippen LogP contribution in [-0.2, 0) is 21.7 Å². The Balaban J connectivity index is 1.39. The zero-order valence-corrected chi connectivity index (χ0v) is 20.9. The van der Waals surface area contributed by atoms with Crippen LogP contribution in [0.4, 0.5) is 9.93 Å². The molecule has 0 aliphatic heterocycles. The highest BCUT2D eigenvalue weighted by molar-refractivity contribution is 7.90. The van der Waals surface area contributed by atoms with Crippen molar-refractivity contribution in [3.05, 3.63) is 54.2 Å². The summed E-state index contributed by atoms with van der Waals surface area (Å²) in [6.07, 6.45) is 1.61. The van der Waals surface area contributed by atoms with Crippen molar-refractivity contribution in [1.82, 2.24) is 20.4 Å². The first-order valence-corrected chi connectivity index (χ1v) is 13.3. The van der Waals surface area contributed by atoms with Crippen LogP contribution in [0.3, 0.4) is 0 Å². The number of carbonyl (C=O) groups excluding carboxylic acids is 1. The van der Waals surface area contributed by atoms with Crippen LogP contribution in [0.5, 0.6) is 0 Å². The standard InChI is InChI=1S/C23H25N5O4S2/c1-23(2,3)20-26-19(32-28-20)10-11-24-21(29)27-22-25-17-9-8-15(13-18(17)33-22)14-6-5-7-16(12-14)34(4,30)31/h5-9,12-13H,10-11H2,1-4H3,(H2,24,25,27,29). The SMILES string of the molecule is CC(C)(C)c1noc(CCNC(=O)Nc2nc3ccc(-c4cccc(S(C)(=O)=O)c4)cc3s2)n1. The maximum atomic E-state index is 12.3. The van der Waals surface area contributed by atoms with E-state index in [4.69, 9.17) is 4.52 Å². The summed E-state index contributed by atoms with van der Waals surface area (Å²) in [4.78, 5) is 21.4. The van der Waals surface area contributed by atoms with E-state index in [2.05, 4.69) is 25.8 Å². The summed E-state index contributed by atoms with van der Waals surface area (Å²) in [7, 11) is -3.29. The minimum atomic E-state index is -3.29. The number of nitrogens with one attached hydrogen (secondary N) is 2. The Kier molecular flexibility index (Phi) is 6.41. The number of sulfone groups is 1. The molecule has 0 aliphatic rings. The Morgan fingerprint density at radius 2 is 1.85 bits per heavy atom. The maximum Gasteiger partial charge on any atom is 0.321 e. The Labute approximate surface area is 201 Å². The molecule has 9 nitrogen and oxygen atoms in total. The van der Waals surface area contributed by atoms with Crippen LogP contribution in [-0.4, -0.2) is 42.4 Å². The lowest BCUT2D eigenvalue weighted by atomic mass is 9.96. The van der Waals surface area contributed by atoms with Crippen molar-refractivity contribution in [3.63, 3.8) is 0 Å². The molecule has 4 aromatic rings. The molecule has 0 saturated heterocycles. The van der Waals surface area contributed by atoms with Crippen molar-refractivity contribution in [2.24, 2.45) is 0 Å². The molecule has 2 aromatic carbocycles. The third-order valence-corrected chi connectivity index (χ3v) is 7.01. The van der Waals surface area contributed by atoms with Crippen molar-refractivity contribution in [1.29, 1.82) is 0 Å². The van der Waals surface area contributed by atoms with Crippen LogP contribution < -0.4 is 10.6 Å². The number of anilines is 1. The number of rotatable bonds is 6. The summed E-state index contributed by atoms with van der Waals surface area (Å²) < 4.78 is 29.8. The van der Waals surface area contributed by atoms with Gasteiger partial charge in [0.2, 0.25) is 5.89 Å². The molecule has 4 rings (SSSR count). The number of fused-ring (bicyclic) bond motifs is 1. The van der Waals surface area contributed by atoms with Gasteiger partial charge in [-0.1, -0.05) is 55.5 Å². The van der Waals surface area contributed by atoms with Gasteiger partial charge in [0.15, 0.2) is 20.8 Å². The van der Waals surface area contributed by atoms with Gasteiger partial charge in [-0.15, -0.1) is 0 Å². The van der Waals surface area contributed by atoms with Gasteiger partial charge >= 0.3 is 6.03 Å². The van der Waals surface area contributed by atoms with E-state index in [1.165, 1.54) is 17.6 Å². The molecule has 0 bridgehead atoms. The monoisotopic (exact) mass is 499 g/mol. The predicted octanol–water partition coefficient (Wildman–Crippen LogP) is 4.41. The molecule has 0 radical (unpaired) electrons. The molecule has 0 aliphatic carbocycles. The molecule has 2 N–H and O–H groups in total. The Morgan fingerprint density at radius 3 is 2.56 bits per heavy atom. The molecule has 0 unspecified atom stereocenters. The van der Waals surface area contributed by atoms with E-state index in [1.807, 2.05) is 45.0 Å². The van der Waals surface area contributed by atoms with Gasteiger partial charge in [0.05, 0.1) is 15.1 Å². The van der Waals surface area contributed by atoms with Crippen molar-refractivity contribution in [2.45, 2.75) is 37.5 Å². The first kappa shape index (κ1) is 23.8. The van der Waals surface area contributed by atoms with Crippen molar-refractivity contribution in [3.8, 4) is 11.1 Å². The summed E-state index contributed by atoms with van der Waals surface area (Å²) in [5.74, 6) is 1.10. The van der Waals surface area contributed by atoms with Crippen LogP contribution in [0.15, 0.2) is 51.9 Å². The van der Waals surface area contributed by atoms with Gasteiger partial charge in [-0.05, 0) is 35.4 Å². The van der Waals surface area contributed by atoms with Crippen LogP contribution in [0.1, 0.15) is 32.5 Å². The number of amides is 2. The van der Waals surface area contributed by atoms with Gasteiger partial charge in [-0.2, -0.15) is 4.98 Å². The number of thiazole rings is 1. The third-order valence-electron chi connectivity index (χ3n) is 4.97. The lowest BCUT2D eigenvalue weighted by molar-refractivity contribution is 0.252. The number of benzene rings is 2. The highest BCUT2D eigenvalue weighted by atomic mass is 32.2. The lowest BCUT2D eigenvalue weighted by Crippen LogP contribution is -2.30. The second-order valence-corrected chi connectivity index (χ2v) is 11.9. The third kappa shape index (κ3) is 5.60. The molecular formula is C23H25N5O4S2. The molecule has 2 amide bonds. The van der Waals surface area contributed by atoms with Gasteiger partial charge in [-0.3, -0.25) is 5.32 Å². The van der Waals surface area contributed by atoms with E-state index in [1.54, 1.807) is 18.2 Å². The largest absolute Gasteiger partial charge is 0.339 e. The molecule has 34 heavy (non-hydrogen) atoms. The van der Waals surface area contributed by atoms with Crippen LogP contribution >= 0.6 is 11.3 Å². The zero-order valence-electron chi connectivity index (χ0n) is 19.2. The summed E-state index contributed by atoms with van der Waals surface area (Å²) in [5, 5.41) is 9.94. The molecule has 2 aromatic heterocycles. The highest BCUT2D eigenvalue weighted by Crippen LogP contribution is 2.31. The predicted molar refractivity (Wildman–Crippen MR) is 132 cm³/mol. The van der Waals surface area contributed by atoms with E-state index in [0.29, 0.717) is 29.8 Å². The van der Waals surface area contributed by atoms with E-state index in [0.717, 1.165) is 21.3 Å². The zero-order chi connectivity index (χ0) is 24.5. The Morgan fingerprint density at radius 1 is 1.09 bits per heavy atom. The van der Waals surface area contributed by atoms with E-state index < -0.39 is 9.84 Å². The van der Waals surface area contributed by atoms with E-state index in [-0.39, 0.29) is 16.3 Å². The van der Waals surface area contributed by atoms with Crippen LogP contribution in [0.25, 0.3) is 21.3 Å². The summed E-state index contributed by atoms with van der Waals surface area (Å²) in [6, 6.07) is 12.1. The minimum Gasteiger partial charge on any atom is -0.339 e. The molecule has 0 spiro atoms. The fraction of sp³-hybridized carbons (Fsp3) is 0.304. The van der Waals surface area contributed by atoms with Gasteiger partial charge in [0, 0.05) is 24.6 Å². The molecule has 0 fully saturated rings. The minimum absolute atomic E-state index is 0.199. The summed E-state index contributed by atoms with van der Waals surface area (Å²) in [6.45, 7) is 6.34. The smallest absolute Gasteiger partial charge is 0.321 e. The van der Waals surface area contributed by atoms with E-state index in [9.17, 15) is 13.2 Å². The molecule has 178 valence electrons. The number of nitrogens with zero attached hydrogens (tertiary/aromatic N) is 3. The van der Waals surface area contributed by atoms with Gasteiger partial charge in [0.1, 0.15) is 0 Å². The molecule has 0 atom stereocenters. The molecule has 11 heteroatoms. The average molecular weight is 500 g/mol. The van der Waals surface area contributed by atoms with Gasteiger partial charge in [0.25, 0.3) is 0 Å². The maximum absolute atomic E-state index is 12.3. The first-order chi connectivity index (χ1) is 16.0. The fourth-order valence-electron chi connectivity index (χ4n) is 3.15. The van der Waals surface area contributed by atoms with Crippen molar-refractivity contribution in [2.75, 3.05) is 18.1 Å². The van der Waals surface area contributed by atoms with Crippen molar-refractivity contribution < 1.29 is 17.7 Å². The lowest BCUT2D eigenvalue weighted by Gasteiger charge is -2.10. The average Bonchev–Trinajstić information content (AvgIpc) is 3.39. The highest BCUT2D eigenvalue weighted by Gasteiger charge is 2.20. The van der Waals surface area contributed by atoms with E-state index >= 15 is 0 Å². The number of aromatic nitrogens is 3. The Bertz CT molecular complexity index is 1450. The topological polar surface area (TPSA) is 127 Å². The van der Waals surface area contributed by atoms with Crippen LogP contribution in [0, 0.1) is 0 Å². The summed E-state index contributed by atoms with van der Waals surface area (Å²) >= 11 is 1.34. The second kappa shape index (κ2) is 9.15. The number of hydrogen-bond acceptors (Lipinski definition) is 8. The molecule has 0 saturated carbocycles. The number of urea groups is 1. The fourth-order valence-corrected chi connectivity index (χ4v) is 4.72. The van der Waals surface area contributed by atoms with Gasteiger partial charge < -0.3 is 9.84 Å². The Hall–Kier alpha value is -3.31. The number of hydrogen-bond donors (Lipinski definition) is 2. The number of carbonyl (C=O) groups is 1. The van der Waals surface area contributed by atoms with Crippen LogP contribution in [0.2, 0.25) is 0 Å².